The molecule has 0 aliphatic heterocycles. The summed E-state index contributed by atoms with van der Waals surface area (Å²) in [6.45, 7) is 5.97. The van der Waals surface area contributed by atoms with Crippen LogP contribution in [-0.4, -0.2) is 91.0 Å². The summed E-state index contributed by atoms with van der Waals surface area (Å²) < 4.78 is 0. The molecule has 0 saturated heterocycles. The Labute approximate surface area is 372 Å². The Kier molecular flexibility index (Phi) is 14.5. The summed E-state index contributed by atoms with van der Waals surface area (Å²) in [4.78, 5) is 125. The van der Waals surface area contributed by atoms with Crippen molar-refractivity contribution in [3.63, 3.8) is 0 Å². The highest BCUT2D eigenvalue weighted by Gasteiger charge is 2.44. The Morgan fingerprint density at radius 3 is 0.985 bits per heavy atom. The maximum Gasteiger partial charge on any atom is 0.347 e. The van der Waals surface area contributed by atoms with E-state index in [0.717, 1.165) is 31.2 Å². The lowest BCUT2D eigenvalue weighted by Crippen LogP contribution is -2.18. The van der Waals surface area contributed by atoms with Gasteiger partial charge in [-0.25, -0.2) is 9.59 Å². The van der Waals surface area contributed by atoms with Crippen LogP contribution in [0.1, 0.15) is 54.7 Å². The molecule has 4 aromatic rings. The molecule has 0 bridgehead atoms. The molecule has 0 fully saturated rings. The third kappa shape index (κ3) is 10.2. The van der Waals surface area contributed by atoms with Crippen molar-refractivity contribution in [2.45, 2.75) is 39.9 Å². The molecule has 0 heterocycles. The Bertz CT molecular complexity index is 2870. The number of ketones is 1. The number of non-ortho nitro benzene ring substituents is 4. The molecule has 33 nitrogen and oxygen atoms in total. The minimum Gasteiger partial charge on any atom is -0.478 e. The number of carbonyl (C=O) groups is 3. The van der Waals surface area contributed by atoms with Crippen molar-refractivity contribution < 1.29 is 73.7 Å². The van der Waals surface area contributed by atoms with E-state index in [2.05, 4.69) is 15.1 Å². The van der Waals surface area contributed by atoms with Crippen LogP contribution in [-0.2, 0) is 19.3 Å². The van der Waals surface area contributed by atoms with Gasteiger partial charge >= 0.3 is 11.9 Å². The number of fused-ring (bicyclic) bond motifs is 6. The number of nitrogens with zero attached hydrogens (tertiary/aromatic N) is 10. The first-order valence-electron chi connectivity index (χ1n) is 17.9. The zero-order valence-corrected chi connectivity index (χ0v) is 34.2. The molecule has 2 unspecified atom stereocenters. The van der Waals surface area contributed by atoms with E-state index in [-0.39, 0.29) is 11.1 Å². The van der Waals surface area contributed by atoms with E-state index in [9.17, 15) is 95.3 Å². The average Bonchev–Trinajstić information content (AvgIpc) is 3.73. The van der Waals surface area contributed by atoms with Gasteiger partial charge in [-0.15, -0.1) is 0 Å². The Balaban J connectivity index is 0.000000251. The second kappa shape index (κ2) is 19.6. The smallest absolute Gasteiger partial charge is 0.347 e. The van der Waals surface area contributed by atoms with E-state index in [1.165, 1.54) is 6.92 Å². The van der Waals surface area contributed by atoms with E-state index < -0.39 is 154 Å². The second-order valence-corrected chi connectivity index (χ2v) is 13.6. The Morgan fingerprint density at radius 2 is 0.735 bits per heavy atom. The molecule has 0 spiro atoms. The standard InChI is InChI=1S/C16H9N5O11.C13H4N4O9.C6H11NO3/c1-6(16(22)23)32-17-15-9-2-7(18(24)25)4-11(20(28)29)13(9)14-10(15)3-8(19(26)27)5-12(14)21(30)31;18-13-7-1-5(14(19)20)3-9(16(23)24)11(7)12-8(13)2-6(15(21)22)4-10(12)17(25)26;1-4(2)7-10-5(3)6(8)9/h2-6H,1H3,(H,22,23);1-4H;5H,1-3H3,(H,8,9). The maximum absolute atomic E-state index is 12.5. The van der Waals surface area contributed by atoms with Gasteiger partial charge in [0.15, 0.2) is 5.78 Å². The van der Waals surface area contributed by atoms with E-state index in [0.29, 0.717) is 30.0 Å². The molecule has 0 amide bonds. The highest BCUT2D eigenvalue weighted by molar-refractivity contribution is 6.28. The van der Waals surface area contributed by atoms with Crippen molar-refractivity contribution in [2.75, 3.05) is 0 Å². The lowest BCUT2D eigenvalue weighted by molar-refractivity contribution is -0.395. The molecule has 2 atom stereocenters. The van der Waals surface area contributed by atoms with Gasteiger partial charge in [-0.3, -0.25) is 85.7 Å². The first kappa shape index (κ1) is 50.3. The molecule has 0 saturated carbocycles. The zero-order valence-electron chi connectivity index (χ0n) is 34.2. The van der Waals surface area contributed by atoms with Crippen LogP contribution >= 0.6 is 0 Å². The fraction of sp³-hybridized carbons (Fsp3) is 0.171. The van der Waals surface area contributed by atoms with E-state index in [1.807, 2.05) is 0 Å². The van der Waals surface area contributed by atoms with Crippen molar-refractivity contribution in [3.05, 3.63) is 152 Å². The zero-order chi connectivity index (χ0) is 51.4. The molecular weight excluding hydrogens is 928 g/mol. The first-order valence-corrected chi connectivity index (χ1v) is 17.9. The van der Waals surface area contributed by atoms with Gasteiger partial charge in [-0.05, 0) is 27.7 Å². The average molecular weight is 953 g/mol. The van der Waals surface area contributed by atoms with Crippen LogP contribution in [0.4, 0.5) is 45.5 Å². The number of oxime groups is 2. The largest absolute Gasteiger partial charge is 0.478 e. The van der Waals surface area contributed by atoms with Crippen molar-refractivity contribution in [2.24, 2.45) is 10.3 Å². The van der Waals surface area contributed by atoms with E-state index in [1.54, 1.807) is 13.8 Å². The molecule has 0 aromatic heterocycles. The summed E-state index contributed by atoms with van der Waals surface area (Å²) >= 11 is 0. The quantitative estimate of drug-likeness (QED) is 0.0723. The van der Waals surface area contributed by atoms with Gasteiger partial charge in [-0.2, -0.15) is 0 Å². The van der Waals surface area contributed by atoms with E-state index >= 15 is 0 Å². The maximum atomic E-state index is 12.5. The van der Waals surface area contributed by atoms with E-state index in [4.69, 9.17) is 15.1 Å². The molecule has 2 aliphatic rings. The minimum absolute atomic E-state index is 0.359. The van der Waals surface area contributed by atoms with Gasteiger partial charge in [0.2, 0.25) is 12.2 Å². The summed E-state index contributed by atoms with van der Waals surface area (Å²) in [6, 6.07) is 5.46. The van der Waals surface area contributed by atoms with Gasteiger partial charge in [0, 0.05) is 46.5 Å². The first-order chi connectivity index (χ1) is 31.6. The lowest BCUT2D eigenvalue weighted by atomic mass is 10.0. The Morgan fingerprint density at radius 1 is 0.471 bits per heavy atom. The van der Waals surface area contributed by atoms with Crippen LogP contribution in [0.25, 0.3) is 22.3 Å². The fourth-order valence-electron chi connectivity index (χ4n) is 6.02. The molecular formula is C35H24N10O23. The molecule has 68 heavy (non-hydrogen) atoms. The van der Waals surface area contributed by atoms with Gasteiger partial charge in [-0.1, -0.05) is 10.3 Å². The minimum atomic E-state index is -1.54. The number of nitro benzene ring substituents is 8. The number of hydrogen-bond donors (Lipinski definition) is 2. The number of nitro groups is 8. The molecule has 33 heteroatoms. The number of carbonyl (C=O) groups excluding carboxylic acids is 1. The molecule has 2 N–H and O–H groups in total. The van der Waals surface area contributed by atoms with Crippen LogP contribution < -0.4 is 0 Å². The third-order valence-electron chi connectivity index (χ3n) is 8.93. The van der Waals surface area contributed by atoms with Crippen LogP contribution in [0.15, 0.2) is 58.8 Å². The van der Waals surface area contributed by atoms with Crippen molar-refractivity contribution in [1.82, 2.24) is 0 Å². The Hall–Kier alpha value is -10.4. The van der Waals surface area contributed by atoms with Crippen molar-refractivity contribution >= 4 is 74.6 Å². The highest BCUT2D eigenvalue weighted by atomic mass is 16.7. The lowest BCUT2D eigenvalue weighted by Gasteiger charge is -2.06. The number of carboxylic acids is 2. The van der Waals surface area contributed by atoms with Gasteiger partial charge in [0.05, 0.1) is 91.6 Å². The molecule has 4 aromatic carbocycles. The predicted octanol–water partition coefficient (Wildman–Crippen LogP) is 5.94. The predicted molar refractivity (Wildman–Crippen MR) is 221 cm³/mol. The number of carboxylic acid groups (broad SMARTS) is 2. The van der Waals surface area contributed by atoms with Crippen LogP contribution in [0, 0.1) is 80.9 Å². The second-order valence-electron chi connectivity index (χ2n) is 13.6. The van der Waals surface area contributed by atoms with Crippen LogP contribution in [0.3, 0.4) is 0 Å². The third-order valence-corrected chi connectivity index (χ3v) is 8.93. The molecule has 2 aliphatic carbocycles. The molecule has 352 valence electrons. The summed E-state index contributed by atoms with van der Waals surface area (Å²) in [7, 11) is 0. The SMILES string of the molecule is CC(C)=NOC(C)C(=O)O.CC(ON=C1c2cc([N+](=O)[O-])cc([N+](=O)[O-])c2-c2c1cc([N+](=O)[O-])cc2[N+](=O)[O-])C(=O)O.O=C1c2cc([N+](=O)[O-])cc([N+](=O)[O-])c2-c2c1cc([N+](=O)[O-])cc2[N+](=O)[O-]. The topological polar surface area (TPSA) is 480 Å². The van der Waals surface area contributed by atoms with Gasteiger partial charge in [0.1, 0.15) is 5.71 Å². The number of rotatable bonds is 14. The van der Waals surface area contributed by atoms with Crippen molar-refractivity contribution in [1.29, 1.82) is 0 Å². The van der Waals surface area contributed by atoms with Gasteiger partial charge < -0.3 is 19.9 Å². The monoisotopic (exact) mass is 952 g/mol. The van der Waals surface area contributed by atoms with Gasteiger partial charge in [0.25, 0.3) is 45.5 Å². The summed E-state index contributed by atoms with van der Waals surface area (Å²) in [5.41, 5.74) is -9.87. The van der Waals surface area contributed by atoms with Crippen LogP contribution in [0.5, 0.6) is 0 Å². The summed E-state index contributed by atoms with van der Waals surface area (Å²) in [5.74, 6) is -3.47. The fourth-order valence-corrected chi connectivity index (χ4v) is 6.02. The number of hydrogen-bond acceptors (Lipinski definition) is 23. The molecule has 6 rings (SSSR count). The molecule has 0 radical (unpaired) electrons. The number of aliphatic carboxylic acids is 2. The van der Waals surface area contributed by atoms with Crippen molar-refractivity contribution in [3.8, 4) is 22.3 Å². The summed E-state index contributed by atoms with van der Waals surface area (Å²) in [6.07, 6.45) is -2.41. The summed E-state index contributed by atoms with van der Waals surface area (Å²) in [5, 5.41) is 115. The highest BCUT2D eigenvalue weighted by Crippen LogP contribution is 2.51. The van der Waals surface area contributed by atoms with Crippen LogP contribution in [0.2, 0.25) is 0 Å². The number of benzene rings is 4. The normalized spacial score (nSPS) is 12.0.